The average Bonchev–Trinajstić information content (AvgIpc) is 2.70. The Morgan fingerprint density at radius 3 is 1.41 bits per heavy atom. The molecule has 1 rings (SSSR count). The van der Waals surface area contributed by atoms with Gasteiger partial charge in [0.1, 0.15) is 0 Å². The van der Waals surface area contributed by atoms with Crippen molar-refractivity contribution in [2.24, 2.45) is 0 Å². The number of unbranched alkanes of at least 4 members (excludes halogenated alkanes) is 14. The molecule has 1 aromatic rings. The number of benzene rings is 1. The molecule has 0 fully saturated rings. The van der Waals surface area contributed by atoms with Gasteiger partial charge in [0, 0.05) is 6.42 Å². The lowest BCUT2D eigenvalue weighted by molar-refractivity contribution is -0.896. The van der Waals surface area contributed by atoms with Gasteiger partial charge < -0.3 is 4.48 Å². The Morgan fingerprint density at radius 1 is 0.586 bits per heavy atom. The van der Waals surface area contributed by atoms with Gasteiger partial charge in [-0.2, -0.15) is 0 Å². The summed E-state index contributed by atoms with van der Waals surface area (Å²) in [5.41, 5.74) is 1.49. The highest BCUT2D eigenvalue weighted by molar-refractivity contribution is 5.15. The van der Waals surface area contributed by atoms with Crippen molar-refractivity contribution >= 4 is 0 Å². The molecule has 0 heterocycles. The highest BCUT2D eigenvalue weighted by Gasteiger charge is 2.23. The van der Waals surface area contributed by atoms with E-state index in [9.17, 15) is 0 Å². The number of rotatable bonds is 19. The van der Waals surface area contributed by atoms with Gasteiger partial charge in [0.05, 0.1) is 27.2 Å². The molecule has 0 bridgehead atoms. The number of hydrogen-bond donors (Lipinski definition) is 0. The van der Waals surface area contributed by atoms with Crippen LogP contribution in [0.4, 0.5) is 0 Å². The van der Waals surface area contributed by atoms with Gasteiger partial charge in [0.2, 0.25) is 0 Å². The zero-order chi connectivity index (χ0) is 21.2. The van der Waals surface area contributed by atoms with Crippen LogP contribution in [0.2, 0.25) is 0 Å². The standard InChI is InChI=1S/C28H52N/c1-5-6-7-8-9-10-11-12-13-14-15-16-17-18-22-25-28(29(2,3)4)26-27-23-20-19-21-24-27/h19-21,23-24,28H,5-18,22,25-26H2,1-4H3/q+1. The van der Waals surface area contributed by atoms with Gasteiger partial charge in [-0.3, -0.25) is 0 Å². The van der Waals surface area contributed by atoms with Gasteiger partial charge in [-0.05, 0) is 18.4 Å². The lowest BCUT2D eigenvalue weighted by Crippen LogP contribution is -2.46. The van der Waals surface area contributed by atoms with Gasteiger partial charge >= 0.3 is 0 Å². The first-order valence-corrected chi connectivity index (χ1v) is 12.9. The van der Waals surface area contributed by atoms with Crippen molar-refractivity contribution < 1.29 is 4.48 Å². The molecule has 0 amide bonds. The lowest BCUT2D eigenvalue weighted by Gasteiger charge is -2.34. The summed E-state index contributed by atoms with van der Waals surface area (Å²) in [7, 11) is 7.08. The minimum atomic E-state index is 0.736. The van der Waals surface area contributed by atoms with E-state index in [2.05, 4.69) is 58.4 Å². The quantitative estimate of drug-likeness (QED) is 0.160. The third kappa shape index (κ3) is 14.8. The van der Waals surface area contributed by atoms with E-state index in [1.807, 2.05) is 0 Å². The van der Waals surface area contributed by atoms with E-state index in [1.165, 1.54) is 115 Å². The van der Waals surface area contributed by atoms with Crippen LogP contribution in [0.3, 0.4) is 0 Å². The predicted octanol–water partition coefficient (Wildman–Crippen LogP) is 8.57. The first kappa shape index (κ1) is 26.2. The summed E-state index contributed by atoms with van der Waals surface area (Å²) in [6, 6.07) is 11.8. The normalized spacial score (nSPS) is 13.0. The monoisotopic (exact) mass is 402 g/mol. The zero-order valence-electron chi connectivity index (χ0n) is 20.4. The first-order valence-electron chi connectivity index (χ1n) is 12.9. The zero-order valence-corrected chi connectivity index (χ0v) is 20.4. The third-order valence-corrected chi connectivity index (χ3v) is 6.55. The fourth-order valence-corrected chi connectivity index (χ4v) is 4.40. The maximum absolute atomic E-state index is 2.36. The van der Waals surface area contributed by atoms with Crippen LogP contribution < -0.4 is 0 Å². The Labute approximate surface area is 183 Å². The molecule has 1 nitrogen and oxygen atoms in total. The lowest BCUT2D eigenvalue weighted by atomic mass is 9.97. The second kappa shape index (κ2) is 16.9. The van der Waals surface area contributed by atoms with Crippen LogP contribution in [-0.4, -0.2) is 31.7 Å². The second-order valence-electron chi connectivity index (χ2n) is 10.2. The minimum Gasteiger partial charge on any atom is -0.328 e. The van der Waals surface area contributed by atoms with Gasteiger partial charge in [-0.15, -0.1) is 0 Å². The number of nitrogens with zero attached hydrogens (tertiary/aromatic N) is 1. The Bertz CT molecular complexity index is 459. The summed E-state index contributed by atoms with van der Waals surface area (Å²) in [6.07, 6.45) is 24.3. The van der Waals surface area contributed by atoms with Crippen LogP contribution in [0, 0.1) is 0 Å². The van der Waals surface area contributed by atoms with Crippen LogP contribution in [0.5, 0.6) is 0 Å². The first-order chi connectivity index (χ1) is 14.0. The molecular formula is C28H52N+. The van der Waals surface area contributed by atoms with E-state index in [-0.39, 0.29) is 0 Å². The van der Waals surface area contributed by atoms with Crippen molar-refractivity contribution in [3.05, 3.63) is 35.9 Å². The molecule has 0 radical (unpaired) electrons. The third-order valence-electron chi connectivity index (χ3n) is 6.55. The maximum Gasteiger partial charge on any atom is 0.0925 e. The van der Waals surface area contributed by atoms with Crippen molar-refractivity contribution in [3.8, 4) is 0 Å². The Hall–Kier alpha value is -0.820. The van der Waals surface area contributed by atoms with Crippen LogP contribution in [0.15, 0.2) is 30.3 Å². The fraction of sp³-hybridized carbons (Fsp3) is 0.786. The molecule has 0 saturated carbocycles. The topological polar surface area (TPSA) is 0 Å². The summed E-state index contributed by atoms with van der Waals surface area (Å²) in [5.74, 6) is 0. The van der Waals surface area contributed by atoms with Crippen molar-refractivity contribution in [2.45, 2.75) is 122 Å². The molecule has 0 spiro atoms. The van der Waals surface area contributed by atoms with E-state index in [0.29, 0.717) is 0 Å². The van der Waals surface area contributed by atoms with Gasteiger partial charge in [0.25, 0.3) is 0 Å². The Balaban J connectivity index is 1.97. The molecule has 1 atom stereocenters. The van der Waals surface area contributed by atoms with Crippen molar-refractivity contribution in [1.29, 1.82) is 0 Å². The van der Waals surface area contributed by atoms with Gasteiger partial charge in [-0.25, -0.2) is 0 Å². The molecule has 0 aliphatic rings. The molecular weight excluding hydrogens is 350 g/mol. The van der Waals surface area contributed by atoms with Crippen molar-refractivity contribution in [3.63, 3.8) is 0 Å². The van der Waals surface area contributed by atoms with Crippen LogP contribution in [0.25, 0.3) is 0 Å². The van der Waals surface area contributed by atoms with E-state index in [0.717, 1.165) is 10.5 Å². The van der Waals surface area contributed by atoms with Gasteiger partial charge in [-0.1, -0.05) is 127 Å². The Morgan fingerprint density at radius 2 is 1.00 bits per heavy atom. The Kier molecular flexibility index (Phi) is 15.3. The molecule has 1 aromatic carbocycles. The molecule has 1 heteroatoms. The highest BCUT2D eigenvalue weighted by Crippen LogP contribution is 2.19. The number of likely N-dealkylation sites (N-methyl/N-ethyl adjacent to an activating group) is 1. The molecule has 1 unspecified atom stereocenters. The molecule has 0 saturated heterocycles. The highest BCUT2D eigenvalue weighted by atomic mass is 15.3. The predicted molar refractivity (Wildman–Crippen MR) is 132 cm³/mol. The van der Waals surface area contributed by atoms with E-state index >= 15 is 0 Å². The van der Waals surface area contributed by atoms with Crippen LogP contribution in [-0.2, 0) is 6.42 Å². The molecule has 0 aliphatic carbocycles. The molecule has 0 aromatic heterocycles. The summed E-state index contributed by atoms with van der Waals surface area (Å²) in [6.45, 7) is 2.30. The second-order valence-corrected chi connectivity index (χ2v) is 10.2. The molecule has 29 heavy (non-hydrogen) atoms. The minimum absolute atomic E-state index is 0.736. The van der Waals surface area contributed by atoms with E-state index < -0.39 is 0 Å². The summed E-state index contributed by atoms with van der Waals surface area (Å²) in [5, 5.41) is 0. The largest absolute Gasteiger partial charge is 0.328 e. The molecule has 0 aliphatic heterocycles. The van der Waals surface area contributed by atoms with E-state index in [4.69, 9.17) is 0 Å². The molecule has 168 valence electrons. The molecule has 0 N–H and O–H groups in total. The SMILES string of the molecule is CCCCCCCCCCCCCCCCCC(Cc1ccccc1)[N+](C)(C)C. The van der Waals surface area contributed by atoms with Crippen molar-refractivity contribution in [2.75, 3.05) is 21.1 Å². The summed E-state index contributed by atoms with van der Waals surface area (Å²) < 4.78 is 1.08. The van der Waals surface area contributed by atoms with Crippen LogP contribution in [0.1, 0.15) is 115 Å². The number of hydrogen-bond acceptors (Lipinski definition) is 0. The number of quaternary nitrogens is 1. The fourth-order valence-electron chi connectivity index (χ4n) is 4.40. The van der Waals surface area contributed by atoms with E-state index in [1.54, 1.807) is 0 Å². The summed E-state index contributed by atoms with van der Waals surface area (Å²) in [4.78, 5) is 0. The smallest absolute Gasteiger partial charge is 0.0925 e. The van der Waals surface area contributed by atoms with Gasteiger partial charge in [0.15, 0.2) is 0 Å². The summed E-state index contributed by atoms with van der Waals surface area (Å²) >= 11 is 0. The van der Waals surface area contributed by atoms with Crippen LogP contribution >= 0.6 is 0 Å². The van der Waals surface area contributed by atoms with Crippen molar-refractivity contribution in [1.82, 2.24) is 0 Å². The maximum atomic E-state index is 2.36. The average molecular weight is 403 g/mol.